The number of anilines is 4. The van der Waals surface area contributed by atoms with Crippen molar-refractivity contribution in [1.29, 1.82) is 0 Å². The molecule has 3 N–H and O–H groups in total. The summed E-state index contributed by atoms with van der Waals surface area (Å²) in [6.45, 7) is 2.60. The molecule has 55 heavy (non-hydrogen) atoms. The number of hydrogen-bond donors (Lipinski definition) is 3. The number of nitrogens with zero attached hydrogens (tertiary/aromatic N) is 6. The first kappa shape index (κ1) is 36.1. The molecular formula is C38H39F2N9O6. The molecule has 5 aliphatic rings. The zero-order chi connectivity index (χ0) is 38.6. The fourth-order valence-electron chi connectivity index (χ4n) is 8.10. The van der Waals surface area contributed by atoms with Crippen LogP contribution >= 0.6 is 0 Å². The molecule has 1 unspecified atom stereocenters. The second kappa shape index (κ2) is 14.1. The van der Waals surface area contributed by atoms with E-state index in [-0.39, 0.29) is 66.3 Å². The Hall–Kier alpha value is -5.87. The van der Waals surface area contributed by atoms with Gasteiger partial charge in [0.05, 0.1) is 41.4 Å². The number of halogens is 2. The molecule has 3 saturated heterocycles. The van der Waals surface area contributed by atoms with Gasteiger partial charge in [0, 0.05) is 44.3 Å². The van der Waals surface area contributed by atoms with E-state index in [0.717, 1.165) is 16.2 Å². The zero-order valence-corrected chi connectivity index (χ0v) is 30.0. The first-order valence-corrected chi connectivity index (χ1v) is 18.5. The summed E-state index contributed by atoms with van der Waals surface area (Å²) < 4.78 is 28.3. The average molecular weight is 756 g/mol. The molecule has 0 radical (unpaired) electrons. The van der Waals surface area contributed by atoms with Crippen LogP contribution in [0, 0.1) is 18.8 Å². The van der Waals surface area contributed by atoms with E-state index < -0.39 is 48.1 Å². The van der Waals surface area contributed by atoms with Crippen LogP contribution in [0.3, 0.4) is 0 Å². The number of rotatable bonds is 8. The second-order valence-corrected chi connectivity index (χ2v) is 15.0. The van der Waals surface area contributed by atoms with E-state index in [4.69, 9.17) is 0 Å². The topological polar surface area (TPSA) is 187 Å². The van der Waals surface area contributed by atoms with Gasteiger partial charge in [-0.05, 0) is 74.8 Å². The van der Waals surface area contributed by atoms with Crippen molar-refractivity contribution in [2.24, 2.45) is 11.8 Å². The van der Waals surface area contributed by atoms with E-state index in [1.807, 2.05) is 24.0 Å². The van der Waals surface area contributed by atoms with Crippen LogP contribution in [-0.2, 0) is 19.2 Å². The molecule has 1 aliphatic carbocycles. The van der Waals surface area contributed by atoms with Crippen molar-refractivity contribution < 1.29 is 37.5 Å². The molecule has 15 nitrogen and oxygen atoms in total. The normalized spacial score (nSPS) is 23.7. The maximum atomic E-state index is 14.2. The molecule has 1 aromatic carbocycles. The van der Waals surface area contributed by atoms with Crippen molar-refractivity contribution in [3.8, 4) is 0 Å². The molecule has 0 bridgehead atoms. The van der Waals surface area contributed by atoms with E-state index in [1.165, 1.54) is 18.2 Å². The van der Waals surface area contributed by atoms with Gasteiger partial charge in [0.2, 0.25) is 23.6 Å². The Kier molecular flexibility index (Phi) is 9.25. The summed E-state index contributed by atoms with van der Waals surface area (Å²) in [5, 5.41) is 8.10. The summed E-state index contributed by atoms with van der Waals surface area (Å²) in [5.41, 5.74) is 1.89. The van der Waals surface area contributed by atoms with E-state index in [9.17, 15) is 37.5 Å². The lowest BCUT2D eigenvalue weighted by atomic mass is 9.73. The number of pyridine rings is 1. The van der Waals surface area contributed by atoms with E-state index >= 15 is 0 Å². The lowest BCUT2D eigenvalue weighted by Gasteiger charge is -2.39. The number of amides is 6. The number of nitrogens with one attached hydrogen (secondary N) is 3. The summed E-state index contributed by atoms with van der Waals surface area (Å²) in [5.74, 6) is -5.11. The van der Waals surface area contributed by atoms with Gasteiger partial charge in [-0.2, -0.15) is 0 Å². The van der Waals surface area contributed by atoms with Crippen LogP contribution in [0.5, 0.6) is 0 Å². The monoisotopic (exact) mass is 755 g/mol. The quantitative estimate of drug-likeness (QED) is 0.286. The fourth-order valence-corrected chi connectivity index (χ4v) is 8.10. The number of likely N-dealkylation sites (tertiary alicyclic amines) is 1. The van der Waals surface area contributed by atoms with Gasteiger partial charge in [-0.3, -0.25) is 44.0 Å². The third-order valence-corrected chi connectivity index (χ3v) is 11.2. The predicted octanol–water partition coefficient (Wildman–Crippen LogP) is 3.54. The Balaban J connectivity index is 0.875. The van der Waals surface area contributed by atoms with E-state index in [0.29, 0.717) is 56.2 Å². The number of benzene rings is 1. The molecule has 6 heterocycles. The minimum atomic E-state index is -2.79. The first-order valence-electron chi connectivity index (χ1n) is 18.5. The maximum absolute atomic E-state index is 14.2. The summed E-state index contributed by atoms with van der Waals surface area (Å²) in [4.78, 5) is 95.0. The first-order chi connectivity index (χ1) is 26.3. The number of imide groups is 2. The Morgan fingerprint density at radius 2 is 1.71 bits per heavy atom. The van der Waals surface area contributed by atoms with Crippen molar-refractivity contribution in [2.75, 3.05) is 41.7 Å². The summed E-state index contributed by atoms with van der Waals surface area (Å²) in [7, 11) is 0. The number of hydrogen-bond acceptors (Lipinski definition) is 11. The molecule has 6 amide bonds. The number of fused-ring (bicyclic) bond motifs is 1. The van der Waals surface area contributed by atoms with Crippen LogP contribution in [0.25, 0.3) is 0 Å². The molecule has 1 atom stereocenters. The van der Waals surface area contributed by atoms with Gasteiger partial charge in [-0.25, -0.2) is 18.7 Å². The highest BCUT2D eigenvalue weighted by Gasteiger charge is 2.47. The van der Waals surface area contributed by atoms with Crippen molar-refractivity contribution >= 4 is 58.6 Å². The Bertz CT molecular complexity index is 2100. The molecule has 0 spiro atoms. The van der Waals surface area contributed by atoms with Crippen molar-refractivity contribution in [3.63, 3.8) is 0 Å². The smallest absolute Gasteiger partial charge is 0.266 e. The minimum absolute atomic E-state index is 0.00692. The number of aryl methyl sites for hydroxylation is 1. The second-order valence-electron chi connectivity index (χ2n) is 15.0. The molecule has 286 valence electrons. The third kappa shape index (κ3) is 7.10. The van der Waals surface area contributed by atoms with Gasteiger partial charge in [0.25, 0.3) is 17.7 Å². The van der Waals surface area contributed by atoms with Crippen molar-refractivity contribution in [1.82, 2.24) is 30.1 Å². The largest absolute Gasteiger partial charge is 0.350 e. The highest BCUT2D eigenvalue weighted by atomic mass is 19.3. The molecule has 4 aliphatic heterocycles. The van der Waals surface area contributed by atoms with Crippen LogP contribution in [0.4, 0.5) is 31.9 Å². The van der Waals surface area contributed by atoms with Gasteiger partial charge in [0.1, 0.15) is 23.5 Å². The predicted molar refractivity (Wildman–Crippen MR) is 193 cm³/mol. The Morgan fingerprint density at radius 3 is 2.40 bits per heavy atom. The van der Waals surface area contributed by atoms with Gasteiger partial charge in [0.15, 0.2) is 0 Å². The van der Waals surface area contributed by atoms with Crippen LogP contribution in [-0.4, -0.2) is 98.3 Å². The Morgan fingerprint density at radius 1 is 0.927 bits per heavy atom. The van der Waals surface area contributed by atoms with Gasteiger partial charge >= 0.3 is 0 Å². The van der Waals surface area contributed by atoms with E-state index in [1.54, 1.807) is 17.3 Å². The van der Waals surface area contributed by atoms with Crippen LogP contribution in [0.2, 0.25) is 0 Å². The number of carbonyl (C=O) groups excluding carboxylic acids is 6. The molecule has 4 fully saturated rings. The number of piperidine rings is 2. The number of carbonyl (C=O) groups is 6. The van der Waals surface area contributed by atoms with Crippen LogP contribution in [0.15, 0.2) is 42.7 Å². The summed E-state index contributed by atoms with van der Waals surface area (Å²) >= 11 is 0. The minimum Gasteiger partial charge on any atom is -0.350 e. The molecule has 17 heteroatoms. The average Bonchev–Trinajstić information content (AvgIpc) is 3.63. The molecular weight excluding hydrogens is 716 g/mol. The molecule has 3 aromatic rings. The SMILES string of the molecule is Cc1cnc(Nc2cc(C3CCN(C(=O)C4CC(C(=O)Nc5cccc6c5C(=O)N(C5CCC(=O)NC5=O)C6=O)C4)CC3)cc(N3CCC(F)(F)C3)n2)cn1. The van der Waals surface area contributed by atoms with Crippen LogP contribution in [0.1, 0.15) is 82.8 Å². The highest BCUT2D eigenvalue weighted by Crippen LogP contribution is 2.40. The van der Waals surface area contributed by atoms with Crippen LogP contribution < -0.4 is 20.9 Å². The zero-order valence-electron chi connectivity index (χ0n) is 30.0. The highest BCUT2D eigenvalue weighted by molar-refractivity contribution is 6.26. The maximum Gasteiger partial charge on any atom is 0.266 e. The molecule has 8 rings (SSSR count). The van der Waals surface area contributed by atoms with Gasteiger partial charge < -0.3 is 20.4 Å². The number of alkyl halides is 2. The van der Waals surface area contributed by atoms with Gasteiger partial charge in [-0.15, -0.1) is 0 Å². The lowest BCUT2D eigenvalue weighted by molar-refractivity contribution is -0.143. The van der Waals surface area contributed by atoms with Crippen molar-refractivity contribution in [2.45, 2.75) is 69.8 Å². The summed E-state index contributed by atoms with van der Waals surface area (Å²) in [6.07, 6.45) is 4.96. The van der Waals surface area contributed by atoms with E-state index in [2.05, 4.69) is 30.9 Å². The third-order valence-electron chi connectivity index (χ3n) is 11.2. The molecule has 1 saturated carbocycles. The van der Waals surface area contributed by atoms with Crippen molar-refractivity contribution in [3.05, 3.63) is 65.1 Å². The standard InChI is InChI=1S/C38H39F2N9O6/c1-20-17-42-29(18-41-20)44-28-15-22(16-30(45-28)48-12-9-38(39,40)19-48)21-7-10-47(11-8-21)35(53)24-13-23(14-24)33(51)43-26-4-2-3-25-32(26)37(55)49(36(25)54)27-5-6-31(50)46-34(27)52/h2-4,15-18,21,23-24,27H,5-14,19H2,1H3,(H,43,51)(H,42,44,45)(H,46,50,52). The summed E-state index contributed by atoms with van der Waals surface area (Å²) in [6, 6.07) is 7.15. The fraction of sp³-hybridized carbons (Fsp3) is 0.447. The number of aromatic nitrogens is 3. The molecule has 2 aromatic heterocycles. The van der Waals surface area contributed by atoms with Gasteiger partial charge in [-0.1, -0.05) is 6.07 Å². The lowest BCUT2D eigenvalue weighted by Crippen LogP contribution is -2.54. The Labute approximate surface area is 314 Å².